The van der Waals surface area contributed by atoms with Crippen LogP contribution >= 0.6 is 34.9 Å². The van der Waals surface area contributed by atoms with Gasteiger partial charge >= 0.3 is 0 Å². The largest absolute Gasteiger partial charge is 0.382 e. The fourth-order valence-electron chi connectivity index (χ4n) is 2.05. The molecule has 1 aromatic rings. The molecule has 1 fully saturated rings. The summed E-state index contributed by atoms with van der Waals surface area (Å²) in [4.78, 5) is 19.2. The Morgan fingerprint density at radius 3 is 2.81 bits per heavy atom. The topological polar surface area (TPSA) is 71.2 Å². The van der Waals surface area contributed by atoms with Crippen molar-refractivity contribution in [3.63, 3.8) is 0 Å². The van der Waals surface area contributed by atoms with Crippen LogP contribution in [0, 0.1) is 0 Å². The first-order valence-electron chi connectivity index (χ1n) is 7.14. The van der Waals surface area contributed by atoms with Crippen molar-refractivity contribution in [2.24, 2.45) is 0 Å². The molecule has 1 saturated heterocycles. The van der Waals surface area contributed by atoms with Crippen molar-refractivity contribution in [2.45, 2.75) is 19.1 Å². The van der Waals surface area contributed by atoms with Crippen molar-refractivity contribution in [3.8, 4) is 0 Å². The van der Waals surface area contributed by atoms with Crippen LogP contribution in [0.25, 0.3) is 0 Å². The van der Waals surface area contributed by atoms with Gasteiger partial charge in [0.15, 0.2) is 5.13 Å². The number of amides is 1. The molecule has 21 heavy (non-hydrogen) atoms. The molecule has 1 atom stereocenters. The van der Waals surface area contributed by atoms with E-state index in [0.717, 1.165) is 24.0 Å². The number of nitrogens with zero attached hydrogens (tertiary/aromatic N) is 2. The number of rotatable bonds is 6. The predicted octanol–water partition coefficient (Wildman–Crippen LogP) is 2.15. The Bertz CT molecular complexity index is 470. The second-order valence-corrected chi connectivity index (χ2v) is 8.20. The van der Waals surface area contributed by atoms with Crippen LogP contribution in [0.5, 0.6) is 0 Å². The molecule has 3 N–H and O–H groups in total. The van der Waals surface area contributed by atoms with E-state index < -0.39 is 0 Å². The van der Waals surface area contributed by atoms with E-state index in [1.807, 2.05) is 23.5 Å². The molecular formula is C13H22N4OS3. The van der Waals surface area contributed by atoms with Gasteiger partial charge < -0.3 is 16.0 Å². The lowest BCUT2D eigenvalue weighted by molar-refractivity contribution is 0.0959. The van der Waals surface area contributed by atoms with E-state index in [-0.39, 0.29) is 5.91 Å². The zero-order valence-electron chi connectivity index (χ0n) is 12.4. The van der Waals surface area contributed by atoms with Gasteiger partial charge in [-0.15, -0.1) is 0 Å². The van der Waals surface area contributed by atoms with Gasteiger partial charge in [-0.1, -0.05) is 11.3 Å². The lowest BCUT2D eigenvalue weighted by atomic mass is 10.4. The highest BCUT2D eigenvalue weighted by molar-refractivity contribution is 8.06. The van der Waals surface area contributed by atoms with E-state index in [0.29, 0.717) is 22.5 Å². The Morgan fingerprint density at radius 1 is 1.43 bits per heavy atom. The highest BCUT2D eigenvalue weighted by atomic mass is 32.2. The van der Waals surface area contributed by atoms with Crippen molar-refractivity contribution in [3.05, 3.63) is 4.88 Å². The Labute approximate surface area is 138 Å². The van der Waals surface area contributed by atoms with Gasteiger partial charge in [0, 0.05) is 42.1 Å². The summed E-state index contributed by atoms with van der Waals surface area (Å²) in [5, 5.41) is 4.32. The highest BCUT2D eigenvalue weighted by Gasteiger charge is 2.20. The van der Waals surface area contributed by atoms with E-state index >= 15 is 0 Å². The van der Waals surface area contributed by atoms with Crippen LogP contribution < -0.4 is 16.0 Å². The molecule has 0 aromatic carbocycles. The second-order valence-electron chi connectivity index (χ2n) is 4.66. The molecule has 0 aliphatic carbocycles. The molecular weight excluding hydrogens is 324 g/mol. The van der Waals surface area contributed by atoms with Crippen LogP contribution in [-0.2, 0) is 0 Å². The van der Waals surface area contributed by atoms with Crippen molar-refractivity contribution in [1.82, 2.24) is 10.3 Å². The smallest absolute Gasteiger partial charge is 0.265 e. The Hall–Kier alpha value is -0.600. The second kappa shape index (κ2) is 8.14. The number of nitrogens with two attached hydrogens (primary N) is 1. The summed E-state index contributed by atoms with van der Waals surface area (Å²) in [6, 6.07) is 0. The summed E-state index contributed by atoms with van der Waals surface area (Å²) in [6.07, 6.45) is 0. The number of nitrogens with one attached hydrogen (secondary N) is 1. The number of carbonyl (C=O) groups is 1. The first-order chi connectivity index (χ1) is 10.2. The molecule has 1 unspecified atom stereocenters. The number of thiazole rings is 1. The summed E-state index contributed by atoms with van der Waals surface area (Å²) in [7, 11) is 0. The third kappa shape index (κ3) is 4.43. The lowest BCUT2D eigenvalue weighted by Gasteiger charge is -2.20. The minimum absolute atomic E-state index is 0.0976. The average molecular weight is 347 g/mol. The number of hydrogen-bond donors (Lipinski definition) is 2. The number of thioether (sulfide) groups is 2. The number of nitrogen functional groups attached to an aromatic ring is 1. The van der Waals surface area contributed by atoms with Gasteiger partial charge in [-0.05, 0) is 13.8 Å². The fraction of sp³-hybridized carbons (Fsp3) is 0.692. The minimum atomic E-state index is -0.0976. The normalized spacial score (nSPS) is 18.5. The van der Waals surface area contributed by atoms with Gasteiger partial charge in [-0.2, -0.15) is 23.5 Å². The molecule has 1 aliphatic rings. The number of anilines is 2. The molecule has 1 amide bonds. The van der Waals surface area contributed by atoms with Crippen molar-refractivity contribution < 1.29 is 4.79 Å². The standard InChI is InChI=1S/C13H22N4OS3/c1-3-17(4-2)13-16-11(14)10(21-13)12(18)15-7-9-8-19-5-6-20-9/h9H,3-8,14H2,1-2H3,(H,15,18). The van der Waals surface area contributed by atoms with Crippen LogP contribution in [0.15, 0.2) is 0 Å². The van der Waals surface area contributed by atoms with Crippen molar-refractivity contribution >= 4 is 51.7 Å². The van der Waals surface area contributed by atoms with Crippen LogP contribution in [-0.4, -0.2) is 53.0 Å². The molecule has 0 radical (unpaired) electrons. The Morgan fingerprint density at radius 2 is 2.19 bits per heavy atom. The Kier molecular flexibility index (Phi) is 6.50. The maximum atomic E-state index is 12.3. The van der Waals surface area contributed by atoms with Crippen LogP contribution in [0.1, 0.15) is 23.5 Å². The van der Waals surface area contributed by atoms with Crippen molar-refractivity contribution in [2.75, 3.05) is 47.5 Å². The summed E-state index contributed by atoms with van der Waals surface area (Å²) >= 11 is 5.27. The number of carbonyl (C=O) groups excluding carboxylic acids is 1. The molecule has 1 aliphatic heterocycles. The molecule has 5 nitrogen and oxygen atoms in total. The van der Waals surface area contributed by atoms with Gasteiger partial charge in [-0.3, -0.25) is 4.79 Å². The predicted molar refractivity (Wildman–Crippen MR) is 96.0 cm³/mol. The molecule has 1 aromatic heterocycles. The monoisotopic (exact) mass is 346 g/mol. The van der Waals surface area contributed by atoms with E-state index in [1.165, 1.54) is 22.8 Å². The molecule has 8 heteroatoms. The Balaban J connectivity index is 1.95. The summed E-state index contributed by atoms with van der Waals surface area (Å²) in [6.45, 7) is 6.56. The zero-order chi connectivity index (χ0) is 15.2. The number of aromatic nitrogens is 1. The van der Waals surface area contributed by atoms with Gasteiger partial charge in [0.05, 0.1) is 0 Å². The van der Waals surface area contributed by atoms with Crippen molar-refractivity contribution in [1.29, 1.82) is 0 Å². The first kappa shape index (κ1) is 16.8. The van der Waals surface area contributed by atoms with Gasteiger partial charge in [0.1, 0.15) is 10.7 Å². The number of hydrogen-bond acceptors (Lipinski definition) is 7. The minimum Gasteiger partial charge on any atom is -0.382 e. The van der Waals surface area contributed by atoms with E-state index in [1.54, 1.807) is 0 Å². The van der Waals surface area contributed by atoms with Gasteiger partial charge in [0.25, 0.3) is 5.91 Å². The zero-order valence-corrected chi connectivity index (χ0v) is 14.9. The van der Waals surface area contributed by atoms with E-state index in [2.05, 4.69) is 29.0 Å². The van der Waals surface area contributed by atoms with Gasteiger partial charge in [0.2, 0.25) is 0 Å². The lowest BCUT2D eigenvalue weighted by Crippen LogP contribution is -2.33. The molecule has 0 bridgehead atoms. The quantitative estimate of drug-likeness (QED) is 0.822. The average Bonchev–Trinajstić information content (AvgIpc) is 2.89. The van der Waals surface area contributed by atoms with E-state index in [9.17, 15) is 4.79 Å². The molecule has 118 valence electrons. The summed E-state index contributed by atoms with van der Waals surface area (Å²) in [5.74, 6) is 3.72. The summed E-state index contributed by atoms with van der Waals surface area (Å²) in [5.41, 5.74) is 5.90. The highest BCUT2D eigenvalue weighted by Crippen LogP contribution is 2.28. The van der Waals surface area contributed by atoms with Crippen LogP contribution in [0.3, 0.4) is 0 Å². The van der Waals surface area contributed by atoms with Gasteiger partial charge in [-0.25, -0.2) is 4.98 Å². The third-order valence-corrected chi connectivity index (χ3v) is 7.23. The SMILES string of the molecule is CCN(CC)c1nc(N)c(C(=O)NCC2CSCCS2)s1. The maximum Gasteiger partial charge on any atom is 0.265 e. The molecule has 0 saturated carbocycles. The molecule has 0 spiro atoms. The first-order valence-corrected chi connectivity index (χ1v) is 10.2. The van der Waals surface area contributed by atoms with E-state index in [4.69, 9.17) is 5.73 Å². The maximum absolute atomic E-state index is 12.3. The van der Waals surface area contributed by atoms with Crippen LogP contribution in [0.2, 0.25) is 0 Å². The molecule has 2 heterocycles. The van der Waals surface area contributed by atoms with Crippen LogP contribution in [0.4, 0.5) is 10.9 Å². The summed E-state index contributed by atoms with van der Waals surface area (Å²) < 4.78 is 0. The third-order valence-electron chi connectivity index (χ3n) is 3.26. The molecule has 2 rings (SSSR count). The fourth-order valence-corrected chi connectivity index (χ4v) is 5.69.